The van der Waals surface area contributed by atoms with E-state index >= 15 is 0 Å². The number of carbonyl (C=O) groups excluding carboxylic acids is 1. The average Bonchev–Trinajstić information content (AvgIpc) is 3.39. The molecule has 1 aromatic heterocycles. The lowest BCUT2D eigenvalue weighted by atomic mass is 10.2. The number of hydrogen-bond donors (Lipinski definition) is 1. The zero-order chi connectivity index (χ0) is 24.1. The van der Waals surface area contributed by atoms with Crippen LogP contribution in [0.5, 0.6) is 0 Å². The first-order valence-electron chi connectivity index (χ1n) is 10.5. The van der Waals surface area contributed by atoms with Crippen LogP contribution < -0.4 is 9.62 Å². The summed E-state index contributed by atoms with van der Waals surface area (Å²) in [4.78, 5) is 17.0. The Labute approximate surface area is 203 Å². The molecule has 4 aromatic rings. The number of amides is 1. The van der Waals surface area contributed by atoms with Gasteiger partial charge >= 0.3 is 0 Å². The molecule has 1 amide bonds. The van der Waals surface area contributed by atoms with Crippen molar-refractivity contribution in [3.8, 4) is 5.69 Å². The van der Waals surface area contributed by atoms with Gasteiger partial charge in [0, 0.05) is 29.6 Å². The van der Waals surface area contributed by atoms with Crippen molar-refractivity contribution in [3.05, 3.63) is 108 Å². The molecule has 34 heavy (non-hydrogen) atoms. The topological polar surface area (TPSA) is 84.3 Å². The van der Waals surface area contributed by atoms with Crippen LogP contribution in [-0.4, -0.2) is 30.4 Å². The lowest BCUT2D eigenvalue weighted by Crippen LogP contribution is -2.41. The fourth-order valence-electron chi connectivity index (χ4n) is 3.46. The van der Waals surface area contributed by atoms with Gasteiger partial charge in [-0.25, -0.2) is 13.4 Å². The maximum Gasteiger partial charge on any atom is 0.264 e. The first-order chi connectivity index (χ1) is 16.3. The summed E-state index contributed by atoms with van der Waals surface area (Å²) in [5.74, 6) is -0.433. The molecule has 0 saturated heterocycles. The Morgan fingerprint density at radius 1 is 1.06 bits per heavy atom. The highest BCUT2D eigenvalue weighted by Crippen LogP contribution is 2.29. The van der Waals surface area contributed by atoms with E-state index in [-0.39, 0.29) is 18.0 Å². The first kappa shape index (κ1) is 23.5. The molecule has 0 aliphatic heterocycles. The third kappa shape index (κ3) is 5.30. The van der Waals surface area contributed by atoms with E-state index in [2.05, 4.69) is 10.3 Å². The standard InChI is InChI=1S/C25H23ClN4O3S/c1-19-7-10-21(26)15-24(19)30(34(32,33)23-5-3-2-4-6-23)17-25(31)28-16-20-8-11-22(12-9-20)29-14-13-27-18-29/h2-15,18H,16-17H2,1H3,(H,28,31). The summed E-state index contributed by atoms with van der Waals surface area (Å²) in [5, 5.41) is 3.20. The van der Waals surface area contributed by atoms with Crippen LogP contribution in [0.3, 0.4) is 0 Å². The van der Waals surface area contributed by atoms with Gasteiger partial charge in [-0.05, 0) is 54.4 Å². The van der Waals surface area contributed by atoms with Gasteiger partial charge in [-0.1, -0.05) is 48.0 Å². The second-order valence-corrected chi connectivity index (χ2v) is 9.97. The number of halogens is 1. The van der Waals surface area contributed by atoms with Crippen molar-refractivity contribution in [2.24, 2.45) is 0 Å². The van der Waals surface area contributed by atoms with Crippen LogP contribution in [0.2, 0.25) is 5.02 Å². The van der Waals surface area contributed by atoms with E-state index in [1.165, 1.54) is 12.1 Å². The predicted molar refractivity (Wildman–Crippen MR) is 133 cm³/mol. The van der Waals surface area contributed by atoms with Crippen molar-refractivity contribution in [3.63, 3.8) is 0 Å². The minimum Gasteiger partial charge on any atom is -0.350 e. The van der Waals surface area contributed by atoms with Gasteiger partial charge in [0.25, 0.3) is 10.0 Å². The van der Waals surface area contributed by atoms with Crippen molar-refractivity contribution in [1.29, 1.82) is 0 Å². The lowest BCUT2D eigenvalue weighted by Gasteiger charge is -2.26. The van der Waals surface area contributed by atoms with Gasteiger partial charge in [0.15, 0.2) is 0 Å². The third-order valence-electron chi connectivity index (χ3n) is 5.29. The van der Waals surface area contributed by atoms with E-state index in [1.807, 2.05) is 35.0 Å². The smallest absolute Gasteiger partial charge is 0.264 e. The van der Waals surface area contributed by atoms with Crippen LogP contribution in [0.4, 0.5) is 5.69 Å². The molecule has 0 aliphatic rings. The largest absolute Gasteiger partial charge is 0.350 e. The number of benzene rings is 3. The fraction of sp³-hybridized carbons (Fsp3) is 0.120. The minimum atomic E-state index is -4.00. The molecule has 0 saturated carbocycles. The zero-order valence-electron chi connectivity index (χ0n) is 18.4. The van der Waals surface area contributed by atoms with Crippen molar-refractivity contribution >= 4 is 33.2 Å². The third-order valence-corrected chi connectivity index (χ3v) is 7.30. The number of anilines is 1. The maximum atomic E-state index is 13.5. The Balaban J connectivity index is 1.53. The van der Waals surface area contributed by atoms with Gasteiger partial charge in [0.2, 0.25) is 5.91 Å². The number of nitrogens with zero attached hydrogens (tertiary/aromatic N) is 3. The summed E-state index contributed by atoms with van der Waals surface area (Å²) in [7, 11) is -4.00. The van der Waals surface area contributed by atoms with E-state index in [9.17, 15) is 13.2 Å². The molecule has 0 fully saturated rings. The van der Waals surface area contributed by atoms with E-state index in [0.29, 0.717) is 16.3 Å². The van der Waals surface area contributed by atoms with E-state index < -0.39 is 15.9 Å². The van der Waals surface area contributed by atoms with Crippen LogP contribution in [0.25, 0.3) is 5.69 Å². The molecule has 1 heterocycles. The number of hydrogen-bond acceptors (Lipinski definition) is 4. The van der Waals surface area contributed by atoms with Gasteiger partial charge in [-0.15, -0.1) is 0 Å². The summed E-state index contributed by atoms with van der Waals surface area (Å²) >= 11 is 6.16. The predicted octanol–water partition coefficient (Wildman–Crippen LogP) is 4.35. The highest BCUT2D eigenvalue weighted by molar-refractivity contribution is 7.92. The Bertz CT molecular complexity index is 1370. The molecule has 0 atom stereocenters. The molecule has 0 bridgehead atoms. The first-order valence-corrected chi connectivity index (χ1v) is 12.3. The highest BCUT2D eigenvalue weighted by Gasteiger charge is 2.28. The Morgan fingerprint density at radius 2 is 1.79 bits per heavy atom. The Morgan fingerprint density at radius 3 is 2.47 bits per heavy atom. The number of aromatic nitrogens is 2. The highest BCUT2D eigenvalue weighted by atomic mass is 35.5. The van der Waals surface area contributed by atoms with Crippen molar-refractivity contribution < 1.29 is 13.2 Å². The molecule has 9 heteroatoms. The van der Waals surface area contributed by atoms with Crippen LogP contribution in [0, 0.1) is 6.92 Å². The molecule has 0 spiro atoms. The second kappa shape index (κ2) is 10.1. The molecule has 7 nitrogen and oxygen atoms in total. The monoisotopic (exact) mass is 494 g/mol. The minimum absolute atomic E-state index is 0.0947. The zero-order valence-corrected chi connectivity index (χ0v) is 20.0. The Hall–Kier alpha value is -3.62. The Kier molecular flexibility index (Phi) is 7.00. The molecule has 0 aliphatic carbocycles. The number of aryl methyl sites for hydroxylation is 1. The molecule has 4 rings (SSSR count). The summed E-state index contributed by atoms with van der Waals surface area (Å²) in [6.45, 7) is 1.65. The van der Waals surface area contributed by atoms with Crippen LogP contribution >= 0.6 is 11.6 Å². The van der Waals surface area contributed by atoms with Crippen molar-refractivity contribution in [2.45, 2.75) is 18.4 Å². The number of nitrogens with one attached hydrogen (secondary N) is 1. The van der Waals surface area contributed by atoms with Crippen LogP contribution in [0.15, 0.2) is 96.4 Å². The number of carbonyl (C=O) groups is 1. The van der Waals surface area contributed by atoms with Gasteiger partial charge in [0.05, 0.1) is 16.9 Å². The second-order valence-electron chi connectivity index (χ2n) is 7.67. The van der Waals surface area contributed by atoms with Crippen molar-refractivity contribution in [1.82, 2.24) is 14.9 Å². The SMILES string of the molecule is Cc1ccc(Cl)cc1N(CC(=O)NCc1ccc(-n2ccnc2)cc1)S(=O)(=O)c1ccccc1. The maximum absolute atomic E-state index is 13.5. The van der Waals surface area contributed by atoms with Gasteiger partial charge in [-0.3, -0.25) is 9.10 Å². The van der Waals surface area contributed by atoms with Gasteiger partial charge < -0.3 is 9.88 Å². The number of rotatable bonds is 8. The number of imidazole rings is 1. The quantitative estimate of drug-likeness (QED) is 0.395. The molecule has 0 unspecified atom stereocenters. The van der Waals surface area contributed by atoms with Crippen LogP contribution in [-0.2, 0) is 21.4 Å². The normalized spacial score (nSPS) is 11.2. The van der Waals surface area contributed by atoms with E-state index in [4.69, 9.17) is 11.6 Å². The van der Waals surface area contributed by atoms with E-state index in [0.717, 1.165) is 15.6 Å². The average molecular weight is 495 g/mol. The lowest BCUT2D eigenvalue weighted by molar-refractivity contribution is -0.119. The summed E-state index contributed by atoms with van der Waals surface area (Å²) in [6.07, 6.45) is 5.25. The van der Waals surface area contributed by atoms with Crippen molar-refractivity contribution in [2.75, 3.05) is 10.8 Å². The molecule has 1 N–H and O–H groups in total. The van der Waals surface area contributed by atoms with Crippen LogP contribution in [0.1, 0.15) is 11.1 Å². The molecular weight excluding hydrogens is 472 g/mol. The molecule has 174 valence electrons. The molecule has 0 radical (unpaired) electrons. The van der Waals surface area contributed by atoms with Gasteiger partial charge in [0.1, 0.15) is 6.54 Å². The summed E-state index contributed by atoms with van der Waals surface area (Å²) in [6, 6.07) is 20.6. The summed E-state index contributed by atoms with van der Waals surface area (Å²) in [5.41, 5.74) is 2.88. The summed E-state index contributed by atoms with van der Waals surface area (Å²) < 4.78 is 29.9. The molecule has 3 aromatic carbocycles. The number of sulfonamides is 1. The van der Waals surface area contributed by atoms with Gasteiger partial charge in [-0.2, -0.15) is 0 Å². The van der Waals surface area contributed by atoms with E-state index in [1.54, 1.807) is 55.8 Å². The molecular formula is C25H23ClN4O3S. The fourth-order valence-corrected chi connectivity index (χ4v) is 5.12.